The molecule has 0 spiro atoms. The number of aldehydes is 1. The molecule has 6 aromatic carbocycles. The summed E-state index contributed by atoms with van der Waals surface area (Å²) < 4.78 is 30.9. The van der Waals surface area contributed by atoms with Crippen molar-refractivity contribution in [2.45, 2.75) is 13.1 Å². The van der Waals surface area contributed by atoms with Crippen LogP contribution >= 0.6 is 48.9 Å². The van der Waals surface area contributed by atoms with E-state index in [0.29, 0.717) is 40.1 Å². The molecule has 17 heteroatoms. The predicted molar refractivity (Wildman–Crippen MR) is 254 cm³/mol. The summed E-state index contributed by atoms with van der Waals surface area (Å²) >= 11 is 10.5. The molecule has 0 radical (unpaired) electrons. The molecule has 5 N–H and O–H groups in total. The van der Waals surface area contributed by atoms with Crippen molar-refractivity contribution in [3.8, 4) is 11.4 Å². The number of carbonyl (C=O) groups excluding carboxylic acids is 2. The zero-order valence-corrected chi connectivity index (χ0v) is 39.9. The number of rotatable bonds is 7. The van der Waals surface area contributed by atoms with Crippen LogP contribution in [0.3, 0.4) is 0 Å². The van der Waals surface area contributed by atoms with E-state index in [1.807, 2.05) is 106 Å². The molecule has 0 saturated carbocycles. The summed E-state index contributed by atoms with van der Waals surface area (Å²) in [6, 6.07) is 39.6. The van der Waals surface area contributed by atoms with Crippen LogP contribution in [0.25, 0.3) is 44.1 Å². The Kier molecular flexibility index (Phi) is 16.3. The average molecular weight is 1050 g/mol. The van der Waals surface area contributed by atoms with E-state index in [9.17, 15) is 23.2 Å². The summed E-state index contributed by atoms with van der Waals surface area (Å²) in [5, 5.41) is 3.23. The molecule has 1 amide bonds. The molecular weight excluding hydrogens is 1010 g/mol. The van der Waals surface area contributed by atoms with Gasteiger partial charge in [-0.3, -0.25) is 14.4 Å². The van der Waals surface area contributed by atoms with Gasteiger partial charge < -0.3 is 25.6 Å². The molecule has 0 aliphatic rings. The average Bonchev–Trinajstić information content (AvgIpc) is 3.82. The Morgan fingerprint density at radius 1 is 0.683 bits per heavy atom. The number of anilines is 1. The number of primary amides is 1. The molecule has 63 heavy (non-hydrogen) atoms. The van der Waals surface area contributed by atoms with Crippen LogP contribution in [0.4, 0.5) is 14.5 Å². The van der Waals surface area contributed by atoms with Crippen LogP contribution in [-0.4, -0.2) is 49.2 Å². The van der Waals surface area contributed by atoms with E-state index >= 15 is 0 Å². The number of nitrogens with zero attached hydrogens (tertiary/aromatic N) is 3. The van der Waals surface area contributed by atoms with Crippen LogP contribution in [-0.2, 0) is 13.1 Å². The van der Waals surface area contributed by atoms with Gasteiger partial charge in [0.05, 0.1) is 37.7 Å². The van der Waals surface area contributed by atoms with E-state index in [1.165, 1.54) is 35.9 Å². The normalized spacial score (nSPS) is 10.6. The number of para-hydroxylation sites is 4. The van der Waals surface area contributed by atoms with Gasteiger partial charge in [0.1, 0.15) is 23.0 Å². The number of benzene rings is 6. The summed E-state index contributed by atoms with van der Waals surface area (Å²) in [6.45, 7) is 1.31. The first kappa shape index (κ1) is 47.1. The number of aromatic nitrogens is 4. The minimum atomic E-state index is -2.22. The molecule has 9 aromatic rings. The molecule has 0 aliphatic carbocycles. The Bertz CT molecular complexity index is 3110. The minimum absolute atomic E-state index is 0.0185. The van der Waals surface area contributed by atoms with Crippen molar-refractivity contribution in [3.05, 3.63) is 200 Å². The molecule has 0 fully saturated rings. The summed E-state index contributed by atoms with van der Waals surface area (Å²) in [6.07, 6.45) is 4.63. The molecule has 9 nitrogen and oxygen atoms in total. The van der Waals surface area contributed by atoms with Gasteiger partial charge >= 0.3 is 43.6 Å². The van der Waals surface area contributed by atoms with E-state index in [0.717, 1.165) is 33.7 Å². The summed E-state index contributed by atoms with van der Waals surface area (Å²) in [4.78, 5) is 41.4. The molecule has 0 bridgehead atoms. The first-order valence-corrected chi connectivity index (χ1v) is 32.1. The van der Waals surface area contributed by atoms with Crippen molar-refractivity contribution >= 4 is 117 Å². The van der Waals surface area contributed by atoms with Gasteiger partial charge in [-0.15, -0.1) is 0 Å². The first-order valence-electron chi connectivity index (χ1n) is 18.8. The van der Waals surface area contributed by atoms with Gasteiger partial charge in [0.15, 0.2) is 6.29 Å². The fraction of sp³-hybridized carbons (Fsp3) is 0.0435. The third kappa shape index (κ3) is 11.6. The molecule has 9 rings (SSSR count). The zero-order valence-electron chi connectivity index (χ0n) is 32.8. The van der Waals surface area contributed by atoms with Crippen molar-refractivity contribution in [1.82, 2.24) is 19.1 Å². The number of nitrogens with two attached hydrogens (primary N) is 2. The molecular formula is C46H34Cl5F2InN6O3. The van der Waals surface area contributed by atoms with Gasteiger partial charge in [-0.05, 0) is 47.5 Å². The second kappa shape index (κ2) is 21.8. The Hall–Kier alpha value is -5.34. The van der Waals surface area contributed by atoms with Gasteiger partial charge in [-0.1, -0.05) is 120 Å². The number of aromatic amines is 1. The van der Waals surface area contributed by atoms with Crippen molar-refractivity contribution in [2.24, 2.45) is 5.73 Å². The van der Waals surface area contributed by atoms with Gasteiger partial charge in [-0.2, -0.15) is 0 Å². The Balaban J connectivity index is 0.000000166. The zero-order chi connectivity index (χ0) is 45.2. The van der Waals surface area contributed by atoms with Crippen LogP contribution in [0.1, 0.15) is 31.8 Å². The third-order valence-electron chi connectivity index (χ3n) is 9.51. The van der Waals surface area contributed by atoms with Crippen molar-refractivity contribution in [1.29, 1.82) is 0 Å². The van der Waals surface area contributed by atoms with Crippen LogP contribution in [0, 0.1) is 11.6 Å². The van der Waals surface area contributed by atoms with E-state index in [-0.39, 0.29) is 27.7 Å². The molecule has 0 aliphatic heterocycles. The van der Waals surface area contributed by atoms with Crippen molar-refractivity contribution < 1.29 is 18.4 Å². The molecule has 0 unspecified atom stereocenters. The standard InChI is InChI=1S/C23H15ClFN3O.C16H12ClNO.C7H7FN2O.3ClH.In/c24-18-10-4-8-15-17(13-28(21(15)18)12-14-6-2-1-3-7-14)22-26-20-16(23(29)27-22)9-5-11-19(20)25;17-15-8-4-7-14-13(11-19)10-18(16(14)15)9-12-5-2-1-3-6-12;8-5-3-1-2-4(6(5)9)7(10)11;;;;/h1-11,13H,12H2,(H,26,27,29);1-8,10-11H,9H2;1-3H,9H2,(H2,10,11);3*1H;/q;;;;;;+3/p-3. The quantitative estimate of drug-likeness (QED) is 0.108. The second-order valence-electron chi connectivity index (χ2n) is 13.6. The number of carbonyl (C=O) groups is 2. The fourth-order valence-electron chi connectivity index (χ4n) is 6.76. The van der Waals surface area contributed by atoms with E-state index in [4.69, 9.17) is 60.4 Å². The first-order chi connectivity index (χ1) is 30.3. The van der Waals surface area contributed by atoms with Gasteiger partial charge in [-0.25, -0.2) is 13.8 Å². The number of nitrogen functional groups attached to an aromatic ring is 1. The summed E-state index contributed by atoms with van der Waals surface area (Å²) in [7, 11) is 15.0. The molecule has 318 valence electrons. The molecule has 3 heterocycles. The van der Waals surface area contributed by atoms with Crippen LogP contribution < -0.4 is 17.0 Å². The Morgan fingerprint density at radius 2 is 1.17 bits per heavy atom. The second-order valence-corrected chi connectivity index (χ2v) is 29.1. The molecule has 0 atom stereocenters. The number of hydrogen-bond acceptors (Lipinski definition) is 5. The van der Waals surface area contributed by atoms with E-state index in [1.54, 1.807) is 6.07 Å². The molecule has 3 aromatic heterocycles. The topological polar surface area (TPSA) is 142 Å². The van der Waals surface area contributed by atoms with Crippen molar-refractivity contribution in [3.63, 3.8) is 0 Å². The molecule has 0 saturated heterocycles. The van der Waals surface area contributed by atoms with Gasteiger partial charge in [0.2, 0.25) is 0 Å². The van der Waals surface area contributed by atoms with Gasteiger partial charge in [0, 0.05) is 47.4 Å². The number of nitrogens with one attached hydrogen (secondary N) is 1. The predicted octanol–water partition coefficient (Wildman–Crippen LogP) is 11.7. The van der Waals surface area contributed by atoms with E-state index in [2.05, 4.69) is 22.1 Å². The number of fused-ring (bicyclic) bond motifs is 3. The Morgan fingerprint density at radius 3 is 1.73 bits per heavy atom. The van der Waals surface area contributed by atoms with Crippen LogP contribution in [0.15, 0.2) is 151 Å². The van der Waals surface area contributed by atoms with Crippen LogP contribution in [0.2, 0.25) is 10.0 Å². The SMILES string of the molecule is NC(=O)c1cccc(F)c1N.O=Cc1cn(Cc2ccccc2)c2c(Cl)cccc12.O=c1[nH]c(-c2cn(Cc3ccccc3)c3c(Cl)cccc23)nc2c(F)cccc12.[Cl][In]([Cl])[Cl]. The monoisotopic (exact) mass is 1050 g/mol. The fourth-order valence-corrected chi connectivity index (χ4v) is 7.32. The maximum atomic E-state index is 14.3. The third-order valence-corrected chi connectivity index (χ3v) is 10.1. The number of amides is 1. The number of H-pyrrole nitrogens is 1. The summed E-state index contributed by atoms with van der Waals surface area (Å²) in [5.74, 6) is -1.56. The van der Waals surface area contributed by atoms with Crippen molar-refractivity contribution in [2.75, 3.05) is 5.73 Å². The number of hydrogen-bond donors (Lipinski definition) is 3. The maximum absolute atomic E-state index is 14.3. The van der Waals surface area contributed by atoms with E-state index < -0.39 is 35.4 Å². The van der Waals surface area contributed by atoms with Crippen LogP contribution in [0.5, 0.6) is 0 Å². The number of halogens is 7. The Labute approximate surface area is 388 Å². The van der Waals surface area contributed by atoms with Gasteiger partial charge in [0.25, 0.3) is 11.5 Å². The summed E-state index contributed by atoms with van der Waals surface area (Å²) in [5.41, 5.74) is 15.0.